The molecular formula is C22H23N3O3S. The van der Waals surface area contributed by atoms with Crippen molar-refractivity contribution in [1.29, 1.82) is 5.26 Å². The van der Waals surface area contributed by atoms with Crippen LogP contribution in [-0.2, 0) is 9.53 Å². The Bertz CT molecular complexity index is 962. The van der Waals surface area contributed by atoms with Gasteiger partial charge in [0, 0.05) is 11.1 Å². The van der Waals surface area contributed by atoms with Crippen molar-refractivity contribution in [3.8, 4) is 6.07 Å². The number of aromatic nitrogens is 1. The number of esters is 1. The Hall–Kier alpha value is -2.85. The maximum Gasteiger partial charge on any atom is 0.341 e. The first-order valence-corrected chi connectivity index (χ1v) is 10.3. The number of rotatable bonds is 6. The number of benzene rings is 1. The first-order valence-electron chi connectivity index (χ1n) is 9.52. The van der Waals surface area contributed by atoms with Crippen molar-refractivity contribution in [3.05, 3.63) is 53.2 Å². The highest BCUT2D eigenvalue weighted by Crippen LogP contribution is 2.31. The predicted octanol–water partition coefficient (Wildman–Crippen LogP) is 3.96. The lowest BCUT2D eigenvalue weighted by molar-refractivity contribution is -0.125. The van der Waals surface area contributed by atoms with E-state index in [9.17, 15) is 14.9 Å². The summed E-state index contributed by atoms with van der Waals surface area (Å²) >= 11 is 1.37. The Morgan fingerprint density at radius 1 is 1.24 bits per heavy atom. The van der Waals surface area contributed by atoms with Gasteiger partial charge in [-0.15, -0.1) is 0 Å². The van der Waals surface area contributed by atoms with Crippen molar-refractivity contribution in [1.82, 2.24) is 10.3 Å². The van der Waals surface area contributed by atoms with Crippen LogP contribution in [0.1, 0.15) is 47.2 Å². The number of hydrogen-bond acceptors (Lipinski definition) is 6. The summed E-state index contributed by atoms with van der Waals surface area (Å²) in [6.45, 7) is 3.65. The van der Waals surface area contributed by atoms with Crippen LogP contribution in [0.4, 0.5) is 0 Å². The van der Waals surface area contributed by atoms with E-state index in [1.165, 1.54) is 17.3 Å². The minimum Gasteiger partial charge on any atom is -0.452 e. The van der Waals surface area contributed by atoms with E-state index in [4.69, 9.17) is 4.74 Å². The molecule has 1 aliphatic carbocycles. The number of amides is 1. The summed E-state index contributed by atoms with van der Waals surface area (Å²) in [4.78, 5) is 30.0. The van der Waals surface area contributed by atoms with Gasteiger partial charge in [-0.2, -0.15) is 5.26 Å². The van der Waals surface area contributed by atoms with E-state index in [1.54, 1.807) is 18.3 Å². The summed E-state index contributed by atoms with van der Waals surface area (Å²) in [5, 5.41) is 12.6. The number of ether oxygens (including phenoxy) is 1. The molecule has 1 saturated carbocycles. The first-order chi connectivity index (χ1) is 13.9. The van der Waals surface area contributed by atoms with Gasteiger partial charge in [-0.05, 0) is 74.9 Å². The molecule has 1 fully saturated rings. The maximum atomic E-state index is 12.5. The van der Waals surface area contributed by atoms with Crippen LogP contribution in [0.2, 0.25) is 0 Å². The van der Waals surface area contributed by atoms with E-state index in [-0.39, 0.29) is 0 Å². The molecular weight excluding hydrogens is 386 g/mol. The summed E-state index contributed by atoms with van der Waals surface area (Å²) < 4.78 is 5.20. The van der Waals surface area contributed by atoms with Crippen molar-refractivity contribution < 1.29 is 14.3 Å². The lowest BCUT2D eigenvalue weighted by Gasteiger charge is -2.21. The number of pyridine rings is 1. The molecule has 29 heavy (non-hydrogen) atoms. The lowest BCUT2D eigenvalue weighted by atomic mass is 10.00. The second-order valence-corrected chi connectivity index (χ2v) is 8.29. The fourth-order valence-corrected chi connectivity index (χ4v) is 4.24. The molecule has 0 bridgehead atoms. The molecule has 1 aromatic heterocycles. The van der Waals surface area contributed by atoms with E-state index in [0.29, 0.717) is 23.4 Å². The maximum absolute atomic E-state index is 12.5. The van der Waals surface area contributed by atoms with Crippen molar-refractivity contribution in [2.75, 3.05) is 6.61 Å². The summed E-state index contributed by atoms with van der Waals surface area (Å²) in [6, 6.07) is 11.5. The molecule has 1 aliphatic rings. The lowest BCUT2D eigenvalue weighted by Crippen LogP contribution is -2.46. The third kappa shape index (κ3) is 5.15. The van der Waals surface area contributed by atoms with Crippen LogP contribution in [0.15, 0.2) is 46.5 Å². The third-order valence-electron chi connectivity index (χ3n) is 5.07. The fraction of sp³-hybridized carbons (Fsp3) is 0.364. The topological polar surface area (TPSA) is 92.1 Å². The fourth-order valence-electron chi connectivity index (χ4n) is 3.27. The summed E-state index contributed by atoms with van der Waals surface area (Å²) in [5.74, 6) is -1.08. The van der Waals surface area contributed by atoms with Crippen LogP contribution in [0, 0.1) is 25.2 Å². The van der Waals surface area contributed by atoms with Gasteiger partial charge < -0.3 is 10.1 Å². The Kier molecular flexibility index (Phi) is 6.55. The van der Waals surface area contributed by atoms with E-state index in [1.807, 2.05) is 32.0 Å². The molecule has 0 radical (unpaired) electrons. The van der Waals surface area contributed by atoms with Crippen LogP contribution in [0.5, 0.6) is 0 Å². The van der Waals surface area contributed by atoms with Crippen LogP contribution >= 0.6 is 11.8 Å². The molecule has 0 unspecified atom stereocenters. The summed E-state index contributed by atoms with van der Waals surface area (Å²) in [6.07, 6.45) is 4.68. The number of nitrogens with zero attached hydrogens (tertiary/aromatic N) is 2. The second-order valence-electron chi connectivity index (χ2n) is 7.23. The van der Waals surface area contributed by atoms with Gasteiger partial charge in [0.2, 0.25) is 0 Å². The van der Waals surface area contributed by atoms with Gasteiger partial charge in [-0.25, -0.2) is 9.78 Å². The quantitative estimate of drug-likeness (QED) is 0.726. The molecule has 0 spiro atoms. The molecule has 0 aliphatic heterocycles. The van der Waals surface area contributed by atoms with Crippen LogP contribution in [-0.4, -0.2) is 29.0 Å². The Balaban J connectivity index is 1.64. The van der Waals surface area contributed by atoms with Crippen molar-refractivity contribution in [2.24, 2.45) is 0 Å². The zero-order valence-electron chi connectivity index (χ0n) is 16.5. The minimum absolute atomic E-state index is 0.305. The Morgan fingerprint density at radius 3 is 2.69 bits per heavy atom. The van der Waals surface area contributed by atoms with Crippen molar-refractivity contribution in [3.63, 3.8) is 0 Å². The molecule has 6 nitrogen and oxygen atoms in total. The second kappa shape index (κ2) is 9.10. The number of aryl methyl sites for hydroxylation is 2. The van der Waals surface area contributed by atoms with Gasteiger partial charge in [0.05, 0.1) is 11.6 Å². The monoisotopic (exact) mass is 409 g/mol. The molecule has 0 saturated heterocycles. The van der Waals surface area contributed by atoms with Gasteiger partial charge in [-0.3, -0.25) is 4.79 Å². The van der Waals surface area contributed by atoms with E-state index in [2.05, 4.69) is 16.4 Å². The van der Waals surface area contributed by atoms with E-state index >= 15 is 0 Å². The summed E-state index contributed by atoms with van der Waals surface area (Å²) in [7, 11) is 0. The first kappa shape index (κ1) is 20.9. The highest BCUT2D eigenvalue weighted by Gasteiger charge is 2.35. The van der Waals surface area contributed by atoms with Crippen LogP contribution in [0.3, 0.4) is 0 Å². The van der Waals surface area contributed by atoms with E-state index in [0.717, 1.165) is 23.3 Å². The van der Waals surface area contributed by atoms with Gasteiger partial charge in [-0.1, -0.05) is 17.8 Å². The average Bonchev–Trinajstić information content (AvgIpc) is 3.18. The zero-order chi connectivity index (χ0) is 20.9. The average molecular weight is 410 g/mol. The number of hydrogen-bond donors (Lipinski definition) is 1. The number of nitriles is 1. The predicted molar refractivity (Wildman–Crippen MR) is 110 cm³/mol. The molecule has 3 rings (SSSR count). The number of carbonyl (C=O) groups excluding carboxylic acids is 2. The SMILES string of the molecule is Cc1ccc(Sc2ncccc2C(=O)OCC(=O)NC2(C#N)CCCC2)cc1C. The smallest absolute Gasteiger partial charge is 0.341 e. The molecule has 1 amide bonds. The normalized spacial score (nSPS) is 14.8. The van der Waals surface area contributed by atoms with Crippen molar-refractivity contribution in [2.45, 2.75) is 55.0 Å². The number of nitrogens with one attached hydrogen (secondary N) is 1. The Labute approximate surface area is 174 Å². The zero-order valence-corrected chi connectivity index (χ0v) is 17.3. The molecule has 1 aromatic carbocycles. The third-order valence-corrected chi connectivity index (χ3v) is 6.08. The van der Waals surface area contributed by atoms with Gasteiger partial charge in [0.1, 0.15) is 10.6 Å². The van der Waals surface area contributed by atoms with Gasteiger partial charge in [0.15, 0.2) is 6.61 Å². The van der Waals surface area contributed by atoms with Crippen LogP contribution in [0.25, 0.3) is 0 Å². The molecule has 150 valence electrons. The van der Waals surface area contributed by atoms with E-state index < -0.39 is 24.0 Å². The highest BCUT2D eigenvalue weighted by atomic mass is 32.2. The van der Waals surface area contributed by atoms with Crippen LogP contribution < -0.4 is 5.32 Å². The minimum atomic E-state index is -0.831. The standard InChI is InChI=1S/C22H23N3O3S/c1-15-7-8-17(12-16(15)2)29-20-18(6-5-11-24-20)21(27)28-13-19(26)25-22(14-23)9-3-4-10-22/h5-8,11-12H,3-4,9-10,13H2,1-2H3,(H,25,26). The molecule has 1 heterocycles. The molecule has 7 heteroatoms. The molecule has 1 N–H and O–H groups in total. The summed E-state index contributed by atoms with van der Waals surface area (Å²) in [5.41, 5.74) is 1.82. The largest absolute Gasteiger partial charge is 0.452 e. The molecule has 2 aromatic rings. The highest BCUT2D eigenvalue weighted by molar-refractivity contribution is 7.99. The van der Waals surface area contributed by atoms with Crippen molar-refractivity contribution >= 4 is 23.6 Å². The van der Waals surface area contributed by atoms with Gasteiger partial charge in [0.25, 0.3) is 5.91 Å². The van der Waals surface area contributed by atoms with Gasteiger partial charge >= 0.3 is 5.97 Å². The Morgan fingerprint density at radius 2 is 2.00 bits per heavy atom. The number of carbonyl (C=O) groups is 2. The molecule has 0 atom stereocenters.